The number of hydrogen-bond acceptors (Lipinski definition) is 7. The van der Waals surface area contributed by atoms with Crippen molar-refractivity contribution < 1.29 is 24.0 Å². The molecule has 0 radical (unpaired) electrons. The van der Waals surface area contributed by atoms with Crippen LogP contribution < -0.4 is 4.80 Å². The zero-order valence-corrected chi connectivity index (χ0v) is 19.0. The minimum atomic E-state index is -0.510. The molecule has 9 nitrogen and oxygen atoms in total. The van der Waals surface area contributed by atoms with Crippen LogP contribution in [0.5, 0.6) is 0 Å². The molecule has 0 unspecified atom stereocenters. The molecule has 3 aromatic rings. The van der Waals surface area contributed by atoms with E-state index in [9.17, 15) is 19.7 Å². The molecule has 0 aliphatic heterocycles. The van der Waals surface area contributed by atoms with Gasteiger partial charge in [0.2, 0.25) is 0 Å². The summed E-state index contributed by atoms with van der Waals surface area (Å²) < 4.78 is 13.2. The molecule has 0 N–H and O–H groups in total. The summed E-state index contributed by atoms with van der Waals surface area (Å²) in [4.78, 5) is 39.7. The highest BCUT2D eigenvalue weighted by molar-refractivity contribution is 7.16. The number of non-ortho nitro benzene ring substituents is 1. The van der Waals surface area contributed by atoms with E-state index in [1.54, 1.807) is 37.3 Å². The molecule has 1 heterocycles. The Hall–Kier alpha value is -3.63. The van der Waals surface area contributed by atoms with Gasteiger partial charge < -0.3 is 14.0 Å². The topological polar surface area (TPSA) is 113 Å². The van der Waals surface area contributed by atoms with Crippen LogP contribution >= 0.6 is 11.3 Å². The number of nitro groups is 1. The lowest BCUT2D eigenvalue weighted by Gasteiger charge is -2.06. The number of amides is 1. The third-order valence-corrected chi connectivity index (χ3v) is 5.60. The summed E-state index contributed by atoms with van der Waals surface area (Å²) in [5.41, 5.74) is 1.71. The first-order valence-corrected chi connectivity index (χ1v) is 11.1. The second kappa shape index (κ2) is 11.3. The number of benzene rings is 2. The van der Waals surface area contributed by atoms with E-state index in [1.807, 2.05) is 11.5 Å². The standard InChI is InChI=1S/C23H23N3O6S/c1-3-31-13-12-25-19-10-9-17(22(28)32-4-2)15-20(19)33-23(25)24-21(27)11-8-16-6-5-7-18(14-16)26(29)30/h5-11,14-15H,3-4,12-13H2,1-2H3. The maximum absolute atomic E-state index is 12.5. The lowest BCUT2D eigenvalue weighted by Crippen LogP contribution is -2.19. The third-order valence-electron chi connectivity index (χ3n) is 4.56. The highest BCUT2D eigenvalue weighted by atomic mass is 32.1. The minimum Gasteiger partial charge on any atom is -0.462 e. The molecule has 10 heteroatoms. The number of ether oxygens (including phenoxy) is 2. The van der Waals surface area contributed by atoms with E-state index in [2.05, 4.69) is 4.99 Å². The number of aromatic nitrogens is 1. The lowest BCUT2D eigenvalue weighted by atomic mass is 10.2. The van der Waals surface area contributed by atoms with Crippen LogP contribution in [0.2, 0.25) is 0 Å². The summed E-state index contributed by atoms with van der Waals surface area (Å²) in [5.74, 6) is -0.924. The molecule has 1 amide bonds. The molecule has 33 heavy (non-hydrogen) atoms. The van der Waals surface area contributed by atoms with E-state index in [0.29, 0.717) is 35.7 Å². The molecule has 0 aliphatic rings. The summed E-state index contributed by atoms with van der Waals surface area (Å²) in [6.07, 6.45) is 2.75. The first-order chi connectivity index (χ1) is 15.9. The van der Waals surface area contributed by atoms with Crippen LogP contribution in [0, 0.1) is 10.1 Å². The van der Waals surface area contributed by atoms with E-state index < -0.39 is 16.8 Å². The molecule has 0 spiro atoms. The molecule has 1 aromatic heterocycles. The fourth-order valence-electron chi connectivity index (χ4n) is 3.06. The number of fused-ring (bicyclic) bond motifs is 1. The van der Waals surface area contributed by atoms with Crippen LogP contribution in [-0.4, -0.2) is 41.2 Å². The van der Waals surface area contributed by atoms with E-state index in [-0.39, 0.29) is 12.3 Å². The molecule has 0 saturated carbocycles. The Bertz CT molecular complexity index is 1270. The number of rotatable bonds is 9. The fourth-order valence-corrected chi connectivity index (χ4v) is 4.16. The molecule has 0 aliphatic carbocycles. The van der Waals surface area contributed by atoms with Gasteiger partial charge in [-0.3, -0.25) is 14.9 Å². The van der Waals surface area contributed by atoms with Crippen LogP contribution in [0.25, 0.3) is 16.3 Å². The van der Waals surface area contributed by atoms with Crippen LogP contribution in [0.15, 0.2) is 53.5 Å². The van der Waals surface area contributed by atoms with Crippen molar-refractivity contribution in [2.24, 2.45) is 4.99 Å². The number of thiazole rings is 1. The quantitative estimate of drug-likeness (QED) is 0.154. The Morgan fingerprint density at radius 1 is 1.18 bits per heavy atom. The summed E-state index contributed by atoms with van der Waals surface area (Å²) in [6, 6.07) is 11.2. The van der Waals surface area contributed by atoms with Crippen molar-refractivity contribution in [3.8, 4) is 0 Å². The molecule has 0 bridgehead atoms. The van der Waals surface area contributed by atoms with Gasteiger partial charge in [0.05, 0.1) is 33.9 Å². The van der Waals surface area contributed by atoms with E-state index in [4.69, 9.17) is 9.47 Å². The molecule has 0 fully saturated rings. The van der Waals surface area contributed by atoms with Crippen molar-refractivity contribution >= 4 is 45.2 Å². The summed E-state index contributed by atoms with van der Waals surface area (Å²) in [6.45, 7) is 5.40. The van der Waals surface area contributed by atoms with E-state index >= 15 is 0 Å². The number of carbonyl (C=O) groups is 2. The van der Waals surface area contributed by atoms with Crippen LogP contribution in [0.3, 0.4) is 0 Å². The zero-order chi connectivity index (χ0) is 23.8. The van der Waals surface area contributed by atoms with Gasteiger partial charge in [-0.2, -0.15) is 4.99 Å². The van der Waals surface area contributed by atoms with Gasteiger partial charge in [-0.15, -0.1) is 0 Å². The summed E-state index contributed by atoms with van der Waals surface area (Å²) in [7, 11) is 0. The highest BCUT2D eigenvalue weighted by Crippen LogP contribution is 2.20. The Balaban J connectivity index is 1.95. The number of nitro benzene ring substituents is 1. The Labute approximate surface area is 193 Å². The number of esters is 1. The Morgan fingerprint density at radius 3 is 2.73 bits per heavy atom. The molecule has 2 aromatic carbocycles. The molecule has 3 rings (SSSR count). The minimum absolute atomic E-state index is 0.0581. The van der Waals surface area contributed by atoms with Gasteiger partial charge in [-0.1, -0.05) is 23.5 Å². The number of hydrogen-bond donors (Lipinski definition) is 0. The summed E-state index contributed by atoms with van der Waals surface area (Å²) >= 11 is 1.28. The van der Waals surface area contributed by atoms with E-state index in [1.165, 1.54) is 35.6 Å². The monoisotopic (exact) mass is 469 g/mol. The number of nitrogens with zero attached hydrogens (tertiary/aromatic N) is 3. The lowest BCUT2D eigenvalue weighted by molar-refractivity contribution is -0.384. The molecule has 0 saturated heterocycles. The molecular weight excluding hydrogens is 446 g/mol. The smallest absolute Gasteiger partial charge is 0.338 e. The first kappa shape index (κ1) is 24.0. The average molecular weight is 470 g/mol. The molecule has 0 atom stereocenters. The van der Waals surface area contributed by atoms with E-state index in [0.717, 1.165) is 10.2 Å². The number of carbonyl (C=O) groups excluding carboxylic acids is 2. The average Bonchev–Trinajstić information content (AvgIpc) is 3.14. The van der Waals surface area contributed by atoms with Crippen molar-refractivity contribution in [2.75, 3.05) is 19.8 Å². The van der Waals surface area contributed by atoms with Crippen molar-refractivity contribution in [1.29, 1.82) is 0 Å². The SMILES string of the molecule is CCOCCn1c(=NC(=O)C=Cc2cccc([N+](=O)[O-])c2)sc2cc(C(=O)OCC)ccc21. The van der Waals surface area contributed by atoms with Gasteiger partial charge in [0.25, 0.3) is 11.6 Å². The third kappa shape index (κ3) is 6.21. The van der Waals surface area contributed by atoms with Crippen molar-refractivity contribution in [1.82, 2.24) is 4.57 Å². The second-order valence-corrected chi connectivity index (χ2v) is 7.78. The maximum Gasteiger partial charge on any atom is 0.338 e. The predicted molar refractivity (Wildman–Crippen MR) is 125 cm³/mol. The Morgan fingerprint density at radius 2 is 2.00 bits per heavy atom. The van der Waals surface area contributed by atoms with Gasteiger partial charge in [0, 0.05) is 31.4 Å². The summed E-state index contributed by atoms with van der Waals surface area (Å²) in [5, 5.41) is 10.9. The Kier molecular flexibility index (Phi) is 8.22. The normalized spacial score (nSPS) is 11.9. The van der Waals surface area contributed by atoms with Gasteiger partial charge in [-0.05, 0) is 43.7 Å². The van der Waals surface area contributed by atoms with Gasteiger partial charge in [0.1, 0.15) is 0 Å². The van der Waals surface area contributed by atoms with Gasteiger partial charge >= 0.3 is 5.97 Å². The van der Waals surface area contributed by atoms with Crippen LogP contribution in [-0.2, 0) is 20.8 Å². The van der Waals surface area contributed by atoms with Crippen molar-refractivity contribution in [3.05, 3.63) is 74.6 Å². The molecular formula is C23H23N3O6S. The molecule has 172 valence electrons. The van der Waals surface area contributed by atoms with Crippen molar-refractivity contribution in [2.45, 2.75) is 20.4 Å². The predicted octanol–water partition coefficient (Wildman–Crippen LogP) is 3.96. The van der Waals surface area contributed by atoms with Gasteiger partial charge in [0.15, 0.2) is 4.80 Å². The van der Waals surface area contributed by atoms with Crippen LogP contribution in [0.4, 0.5) is 5.69 Å². The second-order valence-electron chi connectivity index (χ2n) is 6.77. The largest absolute Gasteiger partial charge is 0.462 e. The maximum atomic E-state index is 12.5. The zero-order valence-electron chi connectivity index (χ0n) is 18.2. The van der Waals surface area contributed by atoms with Crippen molar-refractivity contribution in [3.63, 3.8) is 0 Å². The first-order valence-electron chi connectivity index (χ1n) is 10.3. The van der Waals surface area contributed by atoms with Gasteiger partial charge in [-0.25, -0.2) is 4.79 Å². The fraction of sp³-hybridized carbons (Fsp3) is 0.261. The van der Waals surface area contributed by atoms with Crippen LogP contribution in [0.1, 0.15) is 29.8 Å². The highest BCUT2D eigenvalue weighted by Gasteiger charge is 2.12.